The molecule has 6 nitrogen and oxygen atoms in total. The Balaban J connectivity index is 1.39. The molecule has 4 rings (SSSR count). The highest BCUT2D eigenvalue weighted by atomic mass is 16.3. The van der Waals surface area contributed by atoms with E-state index in [2.05, 4.69) is 10.2 Å². The maximum Gasteiger partial charge on any atom is 0.287 e. The molecule has 0 radical (unpaired) electrons. The number of para-hydroxylation sites is 1. The van der Waals surface area contributed by atoms with E-state index in [1.54, 1.807) is 12.1 Å². The van der Waals surface area contributed by atoms with Gasteiger partial charge in [-0.05, 0) is 49.9 Å². The third-order valence-corrected chi connectivity index (χ3v) is 5.44. The van der Waals surface area contributed by atoms with Gasteiger partial charge in [0.25, 0.3) is 11.8 Å². The summed E-state index contributed by atoms with van der Waals surface area (Å²) in [6.07, 6.45) is 5.38. The van der Waals surface area contributed by atoms with Gasteiger partial charge in [0.05, 0.1) is 11.8 Å². The highest BCUT2D eigenvalue weighted by molar-refractivity contribution is 6.00. The molecule has 0 unspecified atom stereocenters. The quantitative estimate of drug-likeness (QED) is 0.902. The molecule has 142 valence electrons. The summed E-state index contributed by atoms with van der Waals surface area (Å²) in [5.41, 5.74) is 1.79. The first-order valence-corrected chi connectivity index (χ1v) is 9.70. The second kappa shape index (κ2) is 7.86. The standard InChI is InChI=1S/C21H25N3O3/c25-20(19-8-5-15-27-19)22-16-9-13-23(14-10-16)18-7-2-1-6-17(18)21(26)24-11-3-4-12-24/h1-2,5-8,15-16H,3-4,9-14H2,(H,22,25). The average molecular weight is 367 g/mol. The molecule has 27 heavy (non-hydrogen) atoms. The molecule has 1 aromatic carbocycles. The van der Waals surface area contributed by atoms with Crippen molar-refractivity contribution in [2.75, 3.05) is 31.1 Å². The molecule has 2 aliphatic heterocycles. The predicted molar refractivity (Wildman–Crippen MR) is 103 cm³/mol. The Morgan fingerprint density at radius 1 is 0.963 bits per heavy atom. The lowest BCUT2D eigenvalue weighted by Crippen LogP contribution is -2.45. The second-order valence-corrected chi connectivity index (χ2v) is 7.23. The van der Waals surface area contributed by atoms with Crippen molar-refractivity contribution >= 4 is 17.5 Å². The number of amides is 2. The summed E-state index contributed by atoms with van der Waals surface area (Å²) in [5.74, 6) is 0.318. The molecule has 0 saturated carbocycles. The minimum absolute atomic E-state index is 0.125. The Kier molecular flexibility index (Phi) is 5.14. The van der Waals surface area contributed by atoms with E-state index < -0.39 is 0 Å². The summed E-state index contributed by atoms with van der Waals surface area (Å²) in [6.45, 7) is 3.34. The molecule has 2 amide bonds. The van der Waals surface area contributed by atoms with Crippen LogP contribution in [0.5, 0.6) is 0 Å². The van der Waals surface area contributed by atoms with Crippen LogP contribution in [0, 0.1) is 0 Å². The van der Waals surface area contributed by atoms with Gasteiger partial charge in [0, 0.05) is 37.9 Å². The summed E-state index contributed by atoms with van der Waals surface area (Å²) in [7, 11) is 0. The van der Waals surface area contributed by atoms with Crippen molar-refractivity contribution < 1.29 is 14.0 Å². The molecule has 6 heteroatoms. The van der Waals surface area contributed by atoms with Crippen LogP contribution in [0.25, 0.3) is 0 Å². The molecular formula is C21H25N3O3. The van der Waals surface area contributed by atoms with Crippen LogP contribution >= 0.6 is 0 Å². The predicted octanol–water partition coefficient (Wildman–Crippen LogP) is 2.91. The maximum atomic E-state index is 12.9. The highest BCUT2D eigenvalue weighted by Crippen LogP contribution is 2.26. The number of anilines is 1. The zero-order chi connectivity index (χ0) is 18.6. The number of hydrogen-bond donors (Lipinski definition) is 1. The van der Waals surface area contributed by atoms with Gasteiger partial charge in [-0.1, -0.05) is 12.1 Å². The molecule has 1 N–H and O–H groups in total. The molecule has 0 bridgehead atoms. The Bertz CT molecular complexity index is 789. The number of hydrogen-bond acceptors (Lipinski definition) is 4. The number of carbonyl (C=O) groups is 2. The number of nitrogens with one attached hydrogen (secondary N) is 1. The highest BCUT2D eigenvalue weighted by Gasteiger charge is 2.27. The van der Waals surface area contributed by atoms with E-state index >= 15 is 0 Å². The SMILES string of the molecule is O=C(NC1CCN(c2ccccc2C(=O)N2CCCC2)CC1)c1ccco1. The fourth-order valence-electron chi connectivity index (χ4n) is 3.95. The van der Waals surface area contributed by atoms with Gasteiger partial charge in [-0.25, -0.2) is 0 Å². The fraction of sp³-hybridized carbons (Fsp3) is 0.429. The van der Waals surface area contributed by atoms with Gasteiger partial charge >= 0.3 is 0 Å². The van der Waals surface area contributed by atoms with Crippen molar-refractivity contribution in [3.8, 4) is 0 Å². The van der Waals surface area contributed by atoms with Gasteiger partial charge in [0.15, 0.2) is 5.76 Å². The fourth-order valence-corrected chi connectivity index (χ4v) is 3.95. The van der Waals surface area contributed by atoms with Crippen LogP contribution in [0.3, 0.4) is 0 Å². The second-order valence-electron chi connectivity index (χ2n) is 7.23. The molecular weight excluding hydrogens is 342 g/mol. The Morgan fingerprint density at radius 3 is 2.41 bits per heavy atom. The van der Waals surface area contributed by atoms with Crippen molar-refractivity contribution in [1.29, 1.82) is 0 Å². The molecule has 2 aromatic rings. The van der Waals surface area contributed by atoms with E-state index in [4.69, 9.17) is 4.42 Å². The number of piperidine rings is 1. The van der Waals surface area contributed by atoms with Gasteiger partial charge in [-0.2, -0.15) is 0 Å². The number of benzene rings is 1. The van der Waals surface area contributed by atoms with Crippen molar-refractivity contribution in [2.45, 2.75) is 31.7 Å². The van der Waals surface area contributed by atoms with Gasteiger partial charge in [0.2, 0.25) is 0 Å². The van der Waals surface area contributed by atoms with E-state index in [9.17, 15) is 9.59 Å². The zero-order valence-corrected chi connectivity index (χ0v) is 15.4. The van der Waals surface area contributed by atoms with Crippen molar-refractivity contribution in [3.63, 3.8) is 0 Å². The summed E-state index contributed by atoms with van der Waals surface area (Å²) >= 11 is 0. The van der Waals surface area contributed by atoms with Crippen LogP contribution in [0.2, 0.25) is 0 Å². The van der Waals surface area contributed by atoms with Crippen LogP contribution in [-0.4, -0.2) is 48.9 Å². The number of rotatable bonds is 4. The van der Waals surface area contributed by atoms with Crippen LogP contribution < -0.4 is 10.2 Å². The zero-order valence-electron chi connectivity index (χ0n) is 15.4. The van der Waals surface area contributed by atoms with Crippen LogP contribution in [0.15, 0.2) is 47.1 Å². The average Bonchev–Trinajstić information content (AvgIpc) is 3.42. The van der Waals surface area contributed by atoms with E-state index in [1.807, 2.05) is 29.2 Å². The molecule has 2 fully saturated rings. The van der Waals surface area contributed by atoms with Crippen molar-refractivity contribution in [1.82, 2.24) is 10.2 Å². The molecule has 0 aliphatic carbocycles. The van der Waals surface area contributed by atoms with Crippen LogP contribution in [0.4, 0.5) is 5.69 Å². The molecule has 0 spiro atoms. The van der Waals surface area contributed by atoms with Gasteiger partial charge in [-0.15, -0.1) is 0 Å². The molecule has 2 saturated heterocycles. The normalized spacial score (nSPS) is 17.9. The smallest absolute Gasteiger partial charge is 0.287 e. The largest absolute Gasteiger partial charge is 0.459 e. The molecule has 0 atom stereocenters. The topological polar surface area (TPSA) is 65.8 Å². The Labute approximate surface area is 159 Å². The molecule has 2 aliphatic rings. The van der Waals surface area contributed by atoms with E-state index in [0.29, 0.717) is 5.76 Å². The van der Waals surface area contributed by atoms with Crippen molar-refractivity contribution in [2.24, 2.45) is 0 Å². The van der Waals surface area contributed by atoms with Crippen LogP contribution in [0.1, 0.15) is 46.6 Å². The maximum absolute atomic E-state index is 12.9. The first kappa shape index (κ1) is 17.6. The summed E-state index contributed by atoms with van der Waals surface area (Å²) < 4.78 is 5.15. The van der Waals surface area contributed by atoms with Crippen LogP contribution in [-0.2, 0) is 0 Å². The summed E-state index contributed by atoms with van der Waals surface area (Å²) in [4.78, 5) is 29.2. The number of carbonyl (C=O) groups excluding carboxylic acids is 2. The van der Waals surface area contributed by atoms with E-state index in [-0.39, 0.29) is 17.9 Å². The van der Waals surface area contributed by atoms with Gasteiger partial charge in [-0.3, -0.25) is 9.59 Å². The number of likely N-dealkylation sites (tertiary alicyclic amines) is 1. The minimum atomic E-state index is -0.164. The lowest BCUT2D eigenvalue weighted by Gasteiger charge is -2.35. The number of nitrogens with zero attached hydrogens (tertiary/aromatic N) is 2. The first-order chi connectivity index (χ1) is 13.2. The number of furan rings is 1. The lowest BCUT2D eigenvalue weighted by atomic mass is 10.0. The first-order valence-electron chi connectivity index (χ1n) is 9.70. The molecule has 3 heterocycles. The van der Waals surface area contributed by atoms with E-state index in [0.717, 1.165) is 63.1 Å². The third-order valence-electron chi connectivity index (χ3n) is 5.44. The van der Waals surface area contributed by atoms with Gasteiger partial charge < -0.3 is 19.5 Å². The molecule has 1 aromatic heterocycles. The van der Waals surface area contributed by atoms with Crippen molar-refractivity contribution in [3.05, 3.63) is 54.0 Å². The monoisotopic (exact) mass is 367 g/mol. The summed E-state index contributed by atoms with van der Waals surface area (Å²) in [6, 6.07) is 11.4. The lowest BCUT2D eigenvalue weighted by molar-refractivity contribution is 0.0793. The third kappa shape index (κ3) is 3.84. The van der Waals surface area contributed by atoms with E-state index in [1.165, 1.54) is 6.26 Å². The summed E-state index contributed by atoms with van der Waals surface area (Å²) in [5, 5.41) is 3.04. The Morgan fingerprint density at radius 2 is 1.70 bits per heavy atom. The van der Waals surface area contributed by atoms with Gasteiger partial charge in [0.1, 0.15) is 0 Å². The Hall–Kier alpha value is -2.76. The minimum Gasteiger partial charge on any atom is -0.459 e.